The standard InChI is InChI=1S/2C8H10O3/c2*1-3-5-6(4-2)8(10)11-7(5)9/h2*3-4H2,1-2H3. The van der Waals surface area contributed by atoms with Crippen LogP contribution in [0.25, 0.3) is 0 Å². The van der Waals surface area contributed by atoms with E-state index in [1.54, 1.807) is 0 Å². The third-order valence-corrected chi connectivity index (χ3v) is 3.50. The van der Waals surface area contributed by atoms with Gasteiger partial charge in [-0.25, -0.2) is 19.2 Å². The van der Waals surface area contributed by atoms with Crippen LogP contribution in [0.1, 0.15) is 53.4 Å². The average molecular weight is 308 g/mol. The van der Waals surface area contributed by atoms with Gasteiger partial charge >= 0.3 is 23.9 Å². The summed E-state index contributed by atoms with van der Waals surface area (Å²) in [7, 11) is 0. The minimum atomic E-state index is -0.464. The molecule has 120 valence electrons. The predicted molar refractivity (Wildman–Crippen MR) is 77.4 cm³/mol. The van der Waals surface area contributed by atoms with Gasteiger partial charge in [-0.05, 0) is 25.7 Å². The Labute approximate surface area is 129 Å². The van der Waals surface area contributed by atoms with Crippen LogP contribution in [0.15, 0.2) is 22.3 Å². The van der Waals surface area contributed by atoms with Gasteiger partial charge < -0.3 is 9.47 Å². The number of hydrogen-bond acceptors (Lipinski definition) is 6. The number of carbonyl (C=O) groups excluding carboxylic acids is 4. The van der Waals surface area contributed by atoms with Gasteiger partial charge in [0, 0.05) is 22.3 Å². The van der Waals surface area contributed by atoms with E-state index in [4.69, 9.17) is 0 Å². The van der Waals surface area contributed by atoms with Gasteiger partial charge in [0.15, 0.2) is 0 Å². The van der Waals surface area contributed by atoms with Crippen LogP contribution in [-0.2, 0) is 28.7 Å². The summed E-state index contributed by atoms with van der Waals surface area (Å²) < 4.78 is 8.83. The monoisotopic (exact) mass is 308 g/mol. The first-order valence-corrected chi connectivity index (χ1v) is 7.38. The van der Waals surface area contributed by atoms with Crippen molar-refractivity contribution in [3.05, 3.63) is 22.3 Å². The quantitative estimate of drug-likeness (QED) is 0.585. The highest BCUT2D eigenvalue weighted by Gasteiger charge is 2.30. The number of carbonyl (C=O) groups is 4. The smallest absolute Gasteiger partial charge is 0.342 e. The lowest BCUT2D eigenvalue weighted by Gasteiger charge is -1.91. The van der Waals surface area contributed by atoms with Crippen molar-refractivity contribution in [2.24, 2.45) is 0 Å². The lowest BCUT2D eigenvalue weighted by molar-refractivity contribution is -0.153. The summed E-state index contributed by atoms with van der Waals surface area (Å²) in [5, 5.41) is 0. The Hall–Kier alpha value is -2.24. The van der Waals surface area contributed by atoms with Crippen LogP contribution >= 0.6 is 0 Å². The second-order valence-corrected chi connectivity index (χ2v) is 4.68. The van der Waals surface area contributed by atoms with Crippen molar-refractivity contribution in [3.8, 4) is 0 Å². The number of rotatable bonds is 4. The van der Waals surface area contributed by atoms with E-state index in [1.807, 2.05) is 27.7 Å². The number of ether oxygens (including phenoxy) is 2. The second-order valence-electron chi connectivity index (χ2n) is 4.68. The molecule has 0 saturated heterocycles. The highest BCUT2D eigenvalue weighted by atomic mass is 16.6. The van der Waals surface area contributed by atoms with E-state index in [-0.39, 0.29) is 0 Å². The van der Waals surface area contributed by atoms with Gasteiger partial charge in [0.25, 0.3) is 0 Å². The Balaban J connectivity index is 0.000000220. The molecule has 0 aliphatic carbocycles. The largest absolute Gasteiger partial charge is 0.386 e. The molecule has 0 fully saturated rings. The van der Waals surface area contributed by atoms with E-state index in [9.17, 15) is 19.2 Å². The number of esters is 4. The molecule has 2 heterocycles. The second kappa shape index (κ2) is 7.68. The predicted octanol–water partition coefficient (Wildman–Crippen LogP) is 2.37. The molecule has 0 atom stereocenters. The zero-order valence-corrected chi connectivity index (χ0v) is 13.3. The molecule has 0 saturated carbocycles. The number of hydrogen-bond donors (Lipinski definition) is 0. The minimum absolute atomic E-state index is 0.464. The van der Waals surface area contributed by atoms with Crippen LogP contribution in [-0.4, -0.2) is 23.9 Å². The van der Waals surface area contributed by atoms with Crippen molar-refractivity contribution in [2.75, 3.05) is 0 Å². The first-order valence-electron chi connectivity index (χ1n) is 7.38. The van der Waals surface area contributed by atoms with Crippen LogP contribution < -0.4 is 0 Å². The fourth-order valence-electron chi connectivity index (χ4n) is 2.34. The van der Waals surface area contributed by atoms with E-state index < -0.39 is 23.9 Å². The van der Waals surface area contributed by atoms with Gasteiger partial charge in [-0.3, -0.25) is 0 Å². The summed E-state index contributed by atoms with van der Waals surface area (Å²) in [4.78, 5) is 43.5. The maximum Gasteiger partial charge on any atom is 0.342 e. The molecular weight excluding hydrogens is 288 g/mol. The maximum atomic E-state index is 10.9. The Morgan fingerprint density at radius 1 is 0.500 bits per heavy atom. The normalized spacial score (nSPS) is 17.6. The average Bonchev–Trinajstić information content (AvgIpc) is 2.92. The van der Waals surface area contributed by atoms with Gasteiger partial charge in [0.2, 0.25) is 0 Å². The molecule has 0 unspecified atom stereocenters. The van der Waals surface area contributed by atoms with E-state index in [0.717, 1.165) is 0 Å². The van der Waals surface area contributed by atoms with E-state index >= 15 is 0 Å². The zero-order chi connectivity index (χ0) is 16.9. The van der Waals surface area contributed by atoms with Crippen LogP contribution in [0, 0.1) is 0 Å². The van der Waals surface area contributed by atoms with Gasteiger partial charge in [0.1, 0.15) is 0 Å². The summed E-state index contributed by atoms with van der Waals surface area (Å²) in [5.74, 6) is -1.85. The van der Waals surface area contributed by atoms with Gasteiger partial charge in [-0.15, -0.1) is 0 Å². The van der Waals surface area contributed by atoms with E-state index in [1.165, 1.54) is 0 Å². The summed E-state index contributed by atoms with van der Waals surface area (Å²) in [5.41, 5.74) is 2.16. The Kier molecular flexibility index (Phi) is 6.22. The summed E-state index contributed by atoms with van der Waals surface area (Å²) in [6.45, 7) is 7.35. The molecule has 2 aliphatic heterocycles. The van der Waals surface area contributed by atoms with Crippen LogP contribution in [0.5, 0.6) is 0 Å². The molecule has 2 rings (SSSR count). The van der Waals surface area contributed by atoms with Gasteiger partial charge in [-0.1, -0.05) is 27.7 Å². The molecule has 6 nitrogen and oxygen atoms in total. The van der Waals surface area contributed by atoms with Gasteiger partial charge in [0.05, 0.1) is 0 Å². The van der Waals surface area contributed by atoms with Gasteiger partial charge in [-0.2, -0.15) is 0 Å². The van der Waals surface area contributed by atoms with Crippen molar-refractivity contribution in [1.29, 1.82) is 0 Å². The van der Waals surface area contributed by atoms with Crippen LogP contribution in [0.2, 0.25) is 0 Å². The summed E-state index contributed by atoms with van der Waals surface area (Å²) in [6, 6.07) is 0. The van der Waals surface area contributed by atoms with Crippen molar-refractivity contribution < 1.29 is 28.7 Å². The molecule has 22 heavy (non-hydrogen) atoms. The molecule has 0 aromatic heterocycles. The van der Waals surface area contributed by atoms with Crippen molar-refractivity contribution in [1.82, 2.24) is 0 Å². The molecule has 0 bridgehead atoms. The third kappa shape index (κ3) is 3.50. The SMILES string of the molecule is CCC1=C(CC)C(=O)OC1=O.CCC1=C(CC)C(=O)OC1=O. The Bertz CT molecular complexity index is 479. The lowest BCUT2D eigenvalue weighted by Crippen LogP contribution is -2.01. The zero-order valence-electron chi connectivity index (χ0n) is 13.3. The van der Waals surface area contributed by atoms with Crippen LogP contribution in [0.3, 0.4) is 0 Å². The molecule has 0 aromatic rings. The first kappa shape index (κ1) is 17.8. The fraction of sp³-hybridized carbons (Fsp3) is 0.500. The van der Waals surface area contributed by atoms with Crippen molar-refractivity contribution in [3.63, 3.8) is 0 Å². The van der Waals surface area contributed by atoms with E-state index in [0.29, 0.717) is 48.0 Å². The topological polar surface area (TPSA) is 86.7 Å². The van der Waals surface area contributed by atoms with Crippen molar-refractivity contribution in [2.45, 2.75) is 53.4 Å². The van der Waals surface area contributed by atoms with Crippen LogP contribution in [0.4, 0.5) is 0 Å². The summed E-state index contributed by atoms with van der Waals surface area (Å²) >= 11 is 0. The molecule has 0 N–H and O–H groups in total. The number of cyclic esters (lactones) is 4. The highest BCUT2D eigenvalue weighted by Crippen LogP contribution is 2.22. The minimum Gasteiger partial charge on any atom is -0.386 e. The third-order valence-electron chi connectivity index (χ3n) is 3.50. The molecule has 0 radical (unpaired) electrons. The lowest BCUT2D eigenvalue weighted by atomic mass is 10.1. The summed E-state index contributed by atoms with van der Waals surface area (Å²) in [6.07, 6.45) is 2.31. The Morgan fingerprint density at radius 2 is 0.682 bits per heavy atom. The first-order chi connectivity index (χ1) is 10.4. The molecular formula is C16H20O6. The van der Waals surface area contributed by atoms with E-state index in [2.05, 4.69) is 9.47 Å². The Morgan fingerprint density at radius 3 is 0.818 bits per heavy atom. The molecule has 2 aliphatic rings. The molecule has 0 amide bonds. The maximum absolute atomic E-state index is 10.9. The molecule has 0 spiro atoms. The fourth-order valence-corrected chi connectivity index (χ4v) is 2.34. The molecule has 0 aromatic carbocycles. The molecule has 6 heteroatoms. The van der Waals surface area contributed by atoms with Crippen molar-refractivity contribution >= 4 is 23.9 Å². The highest BCUT2D eigenvalue weighted by molar-refractivity contribution is 6.12.